The topological polar surface area (TPSA) is 96.0 Å². The second kappa shape index (κ2) is 8.05. The molecule has 0 aliphatic carbocycles. The lowest BCUT2D eigenvalue weighted by atomic mass is 10.2. The highest BCUT2D eigenvalue weighted by molar-refractivity contribution is 6.03. The van der Waals surface area contributed by atoms with Gasteiger partial charge in [-0.25, -0.2) is 4.39 Å². The van der Waals surface area contributed by atoms with E-state index in [1.807, 2.05) is 0 Å². The van der Waals surface area contributed by atoms with Crippen LogP contribution in [0.15, 0.2) is 60.7 Å². The van der Waals surface area contributed by atoms with E-state index in [1.54, 1.807) is 36.4 Å². The lowest BCUT2D eigenvalue weighted by Gasteiger charge is -2.08. The van der Waals surface area contributed by atoms with Crippen LogP contribution in [0.3, 0.4) is 0 Å². The number of carbonyl (C=O) groups excluding carboxylic acids is 2. The zero-order chi connectivity index (χ0) is 19.2. The van der Waals surface area contributed by atoms with Gasteiger partial charge in [0.1, 0.15) is 5.82 Å². The van der Waals surface area contributed by atoms with Gasteiger partial charge in [-0.15, -0.1) is 10.2 Å². The fraction of sp³-hybridized carbons (Fsp3) is 0.0526. The van der Waals surface area contributed by atoms with E-state index in [-0.39, 0.29) is 11.7 Å². The minimum atomic E-state index is -0.410. The molecule has 1 heterocycles. The number of halogens is 1. The predicted molar refractivity (Wildman–Crippen MR) is 100 cm³/mol. The van der Waals surface area contributed by atoms with Crippen molar-refractivity contribution in [3.63, 3.8) is 0 Å². The first-order valence-electron chi connectivity index (χ1n) is 8.05. The number of anilines is 4. The highest BCUT2D eigenvalue weighted by Crippen LogP contribution is 2.18. The van der Waals surface area contributed by atoms with Gasteiger partial charge < -0.3 is 16.0 Å². The van der Waals surface area contributed by atoms with Crippen LogP contribution in [0, 0.1) is 5.82 Å². The number of nitrogens with one attached hydrogen (secondary N) is 3. The highest BCUT2D eigenvalue weighted by atomic mass is 19.1. The molecule has 0 fully saturated rings. The minimum Gasteiger partial charge on any atom is -0.339 e. The Bertz CT molecular complexity index is 941. The van der Waals surface area contributed by atoms with E-state index in [9.17, 15) is 14.0 Å². The van der Waals surface area contributed by atoms with Gasteiger partial charge in [-0.1, -0.05) is 0 Å². The SMILES string of the molecule is CC(=O)Nc1ccc(Nc2ccc(NC(=O)c3ccc(F)cc3)nn2)cc1. The molecule has 3 aromatic rings. The molecule has 0 saturated heterocycles. The van der Waals surface area contributed by atoms with Gasteiger partial charge in [-0.2, -0.15) is 0 Å². The van der Waals surface area contributed by atoms with Crippen molar-refractivity contribution in [1.82, 2.24) is 10.2 Å². The maximum absolute atomic E-state index is 12.9. The lowest BCUT2D eigenvalue weighted by molar-refractivity contribution is -0.114. The summed E-state index contributed by atoms with van der Waals surface area (Å²) < 4.78 is 12.9. The van der Waals surface area contributed by atoms with Crippen molar-refractivity contribution in [3.8, 4) is 0 Å². The molecule has 3 N–H and O–H groups in total. The van der Waals surface area contributed by atoms with Crippen LogP contribution >= 0.6 is 0 Å². The first-order chi connectivity index (χ1) is 13.0. The summed E-state index contributed by atoms with van der Waals surface area (Å²) >= 11 is 0. The van der Waals surface area contributed by atoms with Crippen LogP contribution < -0.4 is 16.0 Å². The fourth-order valence-corrected chi connectivity index (χ4v) is 2.24. The maximum Gasteiger partial charge on any atom is 0.256 e. The Balaban J connectivity index is 1.60. The van der Waals surface area contributed by atoms with Crippen LogP contribution in [0.5, 0.6) is 0 Å². The first kappa shape index (κ1) is 18.0. The Kier molecular flexibility index (Phi) is 5.36. The maximum atomic E-state index is 12.9. The normalized spacial score (nSPS) is 10.1. The fourth-order valence-electron chi connectivity index (χ4n) is 2.24. The highest BCUT2D eigenvalue weighted by Gasteiger charge is 2.07. The molecular weight excluding hydrogens is 349 g/mol. The lowest BCUT2D eigenvalue weighted by Crippen LogP contribution is -2.13. The molecule has 0 atom stereocenters. The van der Waals surface area contributed by atoms with Crippen molar-refractivity contribution in [3.05, 3.63) is 72.0 Å². The van der Waals surface area contributed by atoms with Crippen molar-refractivity contribution in [2.24, 2.45) is 0 Å². The number of amides is 2. The minimum absolute atomic E-state index is 0.139. The van der Waals surface area contributed by atoms with Gasteiger partial charge in [-0.05, 0) is 60.7 Å². The molecule has 0 saturated carbocycles. The summed E-state index contributed by atoms with van der Waals surface area (Å²) in [6.45, 7) is 1.44. The molecule has 27 heavy (non-hydrogen) atoms. The van der Waals surface area contributed by atoms with Gasteiger partial charge in [0.15, 0.2) is 11.6 Å². The van der Waals surface area contributed by atoms with Crippen LogP contribution in [-0.2, 0) is 4.79 Å². The number of rotatable bonds is 5. The van der Waals surface area contributed by atoms with Gasteiger partial charge >= 0.3 is 0 Å². The number of aromatic nitrogens is 2. The van der Waals surface area contributed by atoms with E-state index in [4.69, 9.17) is 0 Å². The molecule has 0 aliphatic heterocycles. The molecule has 0 aliphatic rings. The van der Waals surface area contributed by atoms with E-state index in [0.29, 0.717) is 17.1 Å². The van der Waals surface area contributed by atoms with Crippen molar-refractivity contribution < 1.29 is 14.0 Å². The smallest absolute Gasteiger partial charge is 0.256 e. The largest absolute Gasteiger partial charge is 0.339 e. The predicted octanol–water partition coefficient (Wildman–Crippen LogP) is 3.57. The van der Waals surface area contributed by atoms with Crippen LogP contribution in [0.2, 0.25) is 0 Å². The average Bonchev–Trinajstić information content (AvgIpc) is 2.65. The molecular formula is C19H16FN5O2. The molecule has 2 amide bonds. The molecule has 7 nitrogen and oxygen atoms in total. The van der Waals surface area contributed by atoms with Crippen LogP contribution in [-0.4, -0.2) is 22.0 Å². The van der Waals surface area contributed by atoms with Gasteiger partial charge in [0, 0.05) is 23.9 Å². The second-order valence-electron chi connectivity index (χ2n) is 5.65. The zero-order valence-electron chi connectivity index (χ0n) is 14.4. The van der Waals surface area contributed by atoms with Gasteiger partial charge in [-0.3, -0.25) is 9.59 Å². The molecule has 0 radical (unpaired) electrons. The molecule has 1 aromatic heterocycles. The van der Waals surface area contributed by atoms with E-state index >= 15 is 0 Å². The molecule has 136 valence electrons. The summed E-state index contributed by atoms with van der Waals surface area (Å²) in [6, 6.07) is 15.6. The second-order valence-corrected chi connectivity index (χ2v) is 5.65. The van der Waals surface area contributed by atoms with E-state index in [0.717, 1.165) is 5.69 Å². The molecule has 2 aromatic carbocycles. The Hall–Kier alpha value is -3.81. The molecule has 3 rings (SSSR count). The third-order valence-corrected chi connectivity index (χ3v) is 3.49. The van der Waals surface area contributed by atoms with Gasteiger partial charge in [0.05, 0.1) is 0 Å². The Morgan fingerprint density at radius 1 is 0.778 bits per heavy atom. The molecule has 0 spiro atoms. The van der Waals surface area contributed by atoms with Gasteiger partial charge in [0.2, 0.25) is 5.91 Å². The van der Waals surface area contributed by atoms with Crippen LogP contribution in [0.4, 0.5) is 27.4 Å². The van der Waals surface area contributed by atoms with Crippen molar-refractivity contribution in [2.45, 2.75) is 6.92 Å². The van der Waals surface area contributed by atoms with E-state index < -0.39 is 11.7 Å². The summed E-state index contributed by atoms with van der Waals surface area (Å²) in [6.07, 6.45) is 0. The Morgan fingerprint density at radius 3 is 1.96 bits per heavy atom. The summed E-state index contributed by atoms with van der Waals surface area (Å²) in [5.74, 6) is -0.191. The number of nitrogens with zero attached hydrogens (tertiary/aromatic N) is 2. The monoisotopic (exact) mass is 365 g/mol. The Labute approximate surface area is 154 Å². The summed E-state index contributed by atoms with van der Waals surface area (Å²) in [5.41, 5.74) is 1.78. The van der Waals surface area contributed by atoms with Crippen molar-refractivity contribution in [2.75, 3.05) is 16.0 Å². The third-order valence-electron chi connectivity index (χ3n) is 3.49. The summed E-state index contributed by atoms with van der Waals surface area (Å²) in [7, 11) is 0. The van der Waals surface area contributed by atoms with Crippen molar-refractivity contribution >= 4 is 34.8 Å². The third kappa shape index (κ3) is 5.08. The first-order valence-corrected chi connectivity index (χ1v) is 8.05. The number of hydrogen-bond acceptors (Lipinski definition) is 5. The average molecular weight is 365 g/mol. The van der Waals surface area contributed by atoms with Gasteiger partial charge in [0.25, 0.3) is 5.91 Å². The summed E-state index contributed by atoms with van der Waals surface area (Å²) in [4.78, 5) is 23.1. The molecule has 8 heteroatoms. The quantitative estimate of drug-likeness (QED) is 0.642. The standard InChI is InChI=1S/C19H16FN5O2/c1-12(26)21-15-6-8-16(9-7-15)22-17-10-11-18(25-24-17)23-19(27)13-2-4-14(20)5-3-13/h2-11H,1H3,(H,21,26)(H,22,24)(H,23,25,27). The van der Waals surface area contributed by atoms with E-state index in [1.165, 1.54) is 31.2 Å². The van der Waals surface area contributed by atoms with E-state index in [2.05, 4.69) is 26.1 Å². The number of hydrogen-bond donors (Lipinski definition) is 3. The molecule has 0 unspecified atom stereocenters. The van der Waals surface area contributed by atoms with Crippen molar-refractivity contribution in [1.29, 1.82) is 0 Å². The Morgan fingerprint density at radius 2 is 1.37 bits per heavy atom. The molecule has 0 bridgehead atoms. The van der Waals surface area contributed by atoms with Crippen LogP contribution in [0.25, 0.3) is 0 Å². The summed E-state index contributed by atoms with van der Waals surface area (Å²) in [5, 5.41) is 16.3. The zero-order valence-corrected chi connectivity index (χ0v) is 14.4. The van der Waals surface area contributed by atoms with Crippen LogP contribution in [0.1, 0.15) is 17.3 Å². The number of benzene rings is 2. The number of carbonyl (C=O) groups is 2.